The maximum atomic E-state index is 9.48. The van der Waals surface area contributed by atoms with E-state index in [-0.39, 0.29) is 5.41 Å². The molecule has 1 aliphatic rings. The summed E-state index contributed by atoms with van der Waals surface area (Å²) in [5.74, 6) is 1.52. The van der Waals surface area contributed by atoms with Gasteiger partial charge in [-0.05, 0) is 30.4 Å². The van der Waals surface area contributed by atoms with Gasteiger partial charge in [0.05, 0.1) is 11.5 Å². The van der Waals surface area contributed by atoms with Crippen LogP contribution in [0.1, 0.15) is 32.3 Å². The summed E-state index contributed by atoms with van der Waals surface area (Å²) < 4.78 is 5.75. The monoisotopic (exact) mass is 229 g/mol. The summed E-state index contributed by atoms with van der Waals surface area (Å²) in [4.78, 5) is 0. The molecule has 2 heteroatoms. The fraction of sp³-hybridized carbons (Fsp3) is 0.533. The average Bonchev–Trinajstić information content (AvgIpc) is 2.38. The Morgan fingerprint density at radius 3 is 2.94 bits per heavy atom. The van der Waals surface area contributed by atoms with Crippen LogP contribution >= 0.6 is 0 Å². The van der Waals surface area contributed by atoms with E-state index in [2.05, 4.69) is 26.0 Å². The van der Waals surface area contributed by atoms with Crippen molar-refractivity contribution in [3.05, 3.63) is 29.8 Å². The number of ether oxygens (including phenoxy) is 1. The van der Waals surface area contributed by atoms with Crippen molar-refractivity contribution in [1.29, 1.82) is 5.26 Å². The van der Waals surface area contributed by atoms with Gasteiger partial charge in [0, 0.05) is 0 Å². The van der Waals surface area contributed by atoms with Crippen molar-refractivity contribution in [1.82, 2.24) is 0 Å². The van der Waals surface area contributed by atoms with E-state index in [1.54, 1.807) is 0 Å². The molecule has 17 heavy (non-hydrogen) atoms. The van der Waals surface area contributed by atoms with Gasteiger partial charge in [-0.15, -0.1) is 0 Å². The summed E-state index contributed by atoms with van der Waals surface area (Å²) in [7, 11) is 0. The third-order valence-electron chi connectivity index (χ3n) is 3.68. The Balaban J connectivity index is 2.21. The van der Waals surface area contributed by atoms with Crippen LogP contribution < -0.4 is 4.74 Å². The molecule has 1 heterocycles. The number of nitriles is 1. The molecule has 0 N–H and O–H groups in total. The van der Waals surface area contributed by atoms with Crippen LogP contribution in [0.2, 0.25) is 0 Å². The topological polar surface area (TPSA) is 33.0 Å². The summed E-state index contributed by atoms with van der Waals surface area (Å²) in [5, 5.41) is 9.48. The second-order valence-corrected chi connectivity index (χ2v) is 5.18. The van der Waals surface area contributed by atoms with Crippen molar-refractivity contribution in [3.8, 4) is 11.8 Å². The van der Waals surface area contributed by atoms with E-state index < -0.39 is 0 Å². The second kappa shape index (κ2) is 4.79. The van der Waals surface area contributed by atoms with Crippen LogP contribution in [0.25, 0.3) is 0 Å². The lowest BCUT2D eigenvalue weighted by Gasteiger charge is -2.34. The van der Waals surface area contributed by atoms with E-state index >= 15 is 0 Å². The Labute approximate surface area is 103 Å². The second-order valence-electron chi connectivity index (χ2n) is 5.18. The summed E-state index contributed by atoms with van der Waals surface area (Å²) in [6.07, 6.45) is 2.86. The van der Waals surface area contributed by atoms with Crippen molar-refractivity contribution < 1.29 is 4.74 Å². The Hall–Kier alpha value is -1.49. The Kier molecular flexibility index (Phi) is 3.38. The first-order chi connectivity index (χ1) is 8.19. The van der Waals surface area contributed by atoms with E-state index in [0.717, 1.165) is 25.0 Å². The lowest BCUT2D eigenvalue weighted by Crippen LogP contribution is -2.35. The van der Waals surface area contributed by atoms with Gasteiger partial charge in [0.25, 0.3) is 0 Å². The van der Waals surface area contributed by atoms with E-state index in [4.69, 9.17) is 4.74 Å². The number of fused-ring (bicyclic) bond motifs is 1. The third kappa shape index (κ3) is 2.44. The van der Waals surface area contributed by atoms with Gasteiger partial charge in [-0.1, -0.05) is 38.5 Å². The lowest BCUT2D eigenvalue weighted by molar-refractivity contribution is 0.142. The quantitative estimate of drug-likeness (QED) is 0.793. The van der Waals surface area contributed by atoms with Crippen molar-refractivity contribution in [2.75, 3.05) is 6.61 Å². The molecule has 0 spiro atoms. The molecular formula is C15H19NO. The molecule has 1 aliphatic heterocycles. The standard InChI is InChI=1S/C15H19NO/c1-3-12(2)8-15(10-16)9-13-6-4-5-7-14(13)17-11-15/h4-7,12H,3,8-9,11H2,1-2H3. The fourth-order valence-electron chi connectivity index (χ4n) is 2.48. The van der Waals surface area contributed by atoms with Crippen LogP contribution in [0.5, 0.6) is 5.75 Å². The van der Waals surface area contributed by atoms with Crippen molar-refractivity contribution in [2.45, 2.75) is 33.1 Å². The average molecular weight is 229 g/mol. The number of hydrogen-bond donors (Lipinski definition) is 0. The molecule has 2 nitrogen and oxygen atoms in total. The van der Waals surface area contributed by atoms with Crippen molar-refractivity contribution in [3.63, 3.8) is 0 Å². The van der Waals surface area contributed by atoms with Crippen LogP contribution in [-0.2, 0) is 6.42 Å². The molecule has 1 aromatic rings. The van der Waals surface area contributed by atoms with Crippen molar-refractivity contribution >= 4 is 0 Å². The van der Waals surface area contributed by atoms with Gasteiger partial charge >= 0.3 is 0 Å². The smallest absolute Gasteiger partial charge is 0.122 e. The van der Waals surface area contributed by atoms with Gasteiger partial charge in [-0.2, -0.15) is 5.26 Å². The molecule has 90 valence electrons. The normalized spacial score (nSPS) is 24.3. The fourth-order valence-corrected chi connectivity index (χ4v) is 2.48. The minimum absolute atomic E-state index is 0.330. The zero-order valence-electron chi connectivity index (χ0n) is 10.6. The van der Waals surface area contributed by atoms with Gasteiger partial charge in [-0.3, -0.25) is 0 Å². The molecule has 1 aromatic carbocycles. The van der Waals surface area contributed by atoms with Crippen LogP contribution in [-0.4, -0.2) is 6.61 Å². The minimum Gasteiger partial charge on any atom is -0.492 e. The van der Waals surface area contributed by atoms with Gasteiger partial charge in [0.1, 0.15) is 12.4 Å². The maximum absolute atomic E-state index is 9.48. The van der Waals surface area contributed by atoms with Gasteiger partial charge < -0.3 is 4.74 Å². The molecule has 0 aromatic heterocycles. The molecule has 0 fully saturated rings. The predicted molar refractivity (Wildman–Crippen MR) is 67.8 cm³/mol. The van der Waals surface area contributed by atoms with E-state index in [1.165, 1.54) is 5.56 Å². The number of nitrogens with zero attached hydrogens (tertiary/aromatic N) is 1. The van der Waals surface area contributed by atoms with E-state index in [9.17, 15) is 5.26 Å². The van der Waals surface area contributed by atoms with Gasteiger partial charge in [0.15, 0.2) is 0 Å². The van der Waals surface area contributed by atoms with Crippen LogP contribution in [0, 0.1) is 22.7 Å². The molecule has 2 unspecified atom stereocenters. The Morgan fingerprint density at radius 1 is 1.47 bits per heavy atom. The van der Waals surface area contributed by atoms with Crippen LogP contribution in [0.4, 0.5) is 0 Å². The minimum atomic E-state index is -0.330. The summed E-state index contributed by atoms with van der Waals surface area (Å²) in [5.41, 5.74) is 0.840. The molecule has 0 aliphatic carbocycles. The highest BCUT2D eigenvalue weighted by molar-refractivity contribution is 5.37. The lowest BCUT2D eigenvalue weighted by atomic mass is 9.75. The summed E-state index contributed by atoms with van der Waals surface area (Å²) in [6.45, 7) is 4.91. The zero-order valence-corrected chi connectivity index (χ0v) is 10.6. The highest BCUT2D eigenvalue weighted by Crippen LogP contribution is 2.38. The van der Waals surface area contributed by atoms with Crippen molar-refractivity contribution in [2.24, 2.45) is 11.3 Å². The van der Waals surface area contributed by atoms with Gasteiger partial charge in [-0.25, -0.2) is 0 Å². The molecule has 0 radical (unpaired) electrons. The molecule has 0 bridgehead atoms. The highest BCUT2D eigenvalue weighted by Gasteiger charge is 2.37. The summed E-state index contributed by atoms with van der Waals surface area (Å²) in [6, 6.07) is 10.5. The number of benzene rings is 1. The largest absolute Gasteiger partial charge is 0.492 e. The van der Waals surface area contributed by atoms with E-state index in [0.29, 0.717) is 12.5 Å². The molecular weight excluding hydrogens is 210 g/mol. The molecule has 0 saturated carbocycles. The molecule has 2 rings (SSSR count). The zero-order chi connectivity index (χ0) is 12.3. The Bertz CT molecular complexity index is 435. The molecule has 0 saturated heterocycles. The molecule has 2 atom stereocenters. The SMILES string of the molecule is CCC(C)CC1(C#N)COc2ccccc2C1. The van der Waals surface area contributed by atoms with Crippen LogP contribution in [0.3, 0.4) is 0 Å². The predicted octanol–water partition coefficient (Wildman–Crippen LogP) is 3.57. The first-order valence-electron chi connectivity index (χ1n) is 6.31. The van der Waals surface area contributed by atoms with Gasteiger partial charge in [0.2, 0.25) is 0 Å². The number of rotatable bonds is 3. The highest BCUT2D eigenvalue weighted by atomic mass is 16.5. The third-order valence-corrected chi connectivity index (χ3v) is 3.68. The molecule has 0 amide bonds. The first kappa shape index (κ1) is 12.0. The first-order valence-corrected chi connectivity index (χ1v) is 6.31. The van der Waals surface area contributed by atoms with E-state index in [1.807, 2.05) is 18.2 Å². The van der Waals surface area contributed by atoms with Crippen LogP contribution in [0.15, 0.2) is 24.3 Å². The number of hydrogen-bond acceptors (Lipinski definition) is 2. The summed E-state index contributed by atoms with van der Waals surface area (Å²) >= 11 is 0. The Morgan fingerprint density at radius 2 is 2.24 bits per heavy atom. The maximum Gasteiger partial charge on any atom is 0.122 e. The number of para-hydroxylation sites is 1.